The van der Waals surface area contributed by atoms with E-state index in [1.165, 1.54) is 22.4 Å². The van der Waals surface area contributed by atoms with Crippen LogP contribution in [0.2, 0.25) is 0 Å². The Morgan fingerprint density at radius 2 is 1.62 bits per heavy atom. The van der Waals surface area contributed by atoms with Crippen LogP contribution in [0.25, 0.3) is 0 Å². The second kappa shape index (κ2) is 7.35. The van der Waals surface area contributed by atoms with Crippen LogP contribution in [0, 0.1) is 39.5 Å². The SMILES string of the molecule is Cc1cc(C)c(N=C2CC(C)(C)Nc3c(C)cc(C)cc32)c(C#CC(C)(C)O)c1. The van der Waals surface area contributed by atoms with Gasteiger partial charge in [0, 0.05) is 23.2 Å². The molecule has 0 atom stereocenters. The summed E-state index contributed by atoms with van der Waals surface area (Å²) in [5.74, 6) is 6.12. The van der Waals surface area contributed by atoms with Gasteiger partial charge in [-0.05, 0) is 84.2 Å². The van der Waals surface area contributed by atoms with Gasteiger partial charge in [0.15, 0.2) is 0 Å². The van der Waals surface area contributed by atoms with E-state index in [2.05, 4.69) is 83.0 Å². The third kappa shape index (κ3) is 4.89. The molecule has 1 aliphatic heterocycles. The molecule has 0 fully saturated rings. The highest BCUT2D eigenvalue weighted by molar-refractivity contribution is 6.09. The van der Waals surface area contributed by atoms with Crippen LogP contribution < -0.4 is 5.32 Å². The molecule has 2 aromatic rings. The zero-order valence-electron chi connectivity index (χ0n) is 18.9. The lowest BCUT2D eigenvalue weighted by molar-refractivity contribution is 0.143. The Morgan fingerprint density at radius 3 is 2.28 bits per heavy atom. The minimum absolute atomic E-state index is 0.0800. The number of benzene rings is 2. The molecule has 29 heavy (non-hydrogen) atoms. The number of anilines is 1. The lowest BCUT2D eigenvalue weighted by Crippen LogP contribution is -2.39. The zero-order valence-corrected chi connectivity index (χ0v) is 18.9. The fourth-order valence-corrected chi connectivity index (χ4v) is 3.92. The summed E-state index contributed by atoms with van der Waals surface area (Å²) in [5, 5.41) is 13.8. The first-order valence-corrected chi connectivity index (χ1v) is 10.2. The van der Waals surface area contributed by atoms with Gasteiger partial charge in [-0.2, -0.15) is 0 Å². The molecule has 3 heteroatoms. The van der Waals surface area contributed by atoms with Crippen LogP contribution in [0.4, 0.5) is 11.4 Å². The molecule has 0 radical (unpaired) electrons. The molecule has 3 nitrogen and oxygen atoms in total. The Morgan fingerprint density at radius 1 is 1.00 bits per heavy atom. The lowest BCUT2D eigenvalue weighted by Gasteiger charge is -2.36. The van der Waals surface area contributed by atoms with E-state index in [0.717, 1.165) is 34.5 Å². The third-order valence-corrected chi connectivity index (χ3v) is 5.06. The average Bonchev–Trinajstić information content (AvgIpc) is 2.55. The molecule has 0 bridgehead atoms. The number of aliphatic imine (C=N–C) groups is 1. The van der Waals surface area contributed by atoms with Crippen molar-refractivity contribution in [2.24, 2.45) is 4.99 Å². The van der Waals surface area contributed by atoms with E-state index >= 15 is 0 Å². The van der Waals surface area contributed by atoms with Crippen molar-refractivity contribution in [3.05, 3.63) is 57.6 Å². The quantitative estimate of drug-likeness (QED) is 0.610. The maximum absolute atomic E-state index is 10.1. The molecular weight excluding hydrogens is 356 g/mol. The fourth-order valence-electron chi connectivity index (χ4n) is 3.92. The maximum Gasteiger partial charge on any atom is 0.120 e. The monoisotopic (exact) mass is 388 g/mol. The molecule has 2 N–H and O–H groups in total. The van der Waals surface area contributed by atoms with E-state index < -0.39 is 5.60 Å². The molecule has 1 heterocycles. The van der Waals surface area contributed by atoms with E-state index in [-0.39, 0.29) is 5.54 Å². The van der Waals surface area contributed by atoms with E-state index in [9.17, 15) is 5.11 Å². The molecule has 2 aromatic carbocycles. The van der Waals surface area contributed by atoms with Crippen LogP contribution in [0.5, 0.6) is 0 Å². The Bertz CT molecular complexity index is 1060. The number of fused-ring (bicyclic) bond motifs is 1. The zero-order chi connectivity index (χ0) is 21.6. The predicted molar refractivity (Wildman–Crippen MR) is 124 cm³/mol. The van der Waals surface area contributed by atoms with E-state index in [4.69, 9.17) is 4.99 Å². The highest BCUT2D eigenvalue weighted by Gasteiger charge is 2.30. The summed E-state index contributed by atoms with van der Waals surface area (Å²) in [4.78, 5) is 5.17. The highest BCUT2D eigenvalue weighted by Crippen LogP contribution is 2.36. The normalized spacial score (nSPS) is 16.7. The second-order valence-electron chi connectivity index (χ2n) is 9.54. The van der Waals surface area contributed by atoms with Gasteiger partial charge in [-0.3, -0.25) is 4.99 Å². The minimum Gasteiger partial charge on any atom is -0.379 e. The molecular formula is C26H32N2O. The number of nitrogens with one attached hydrogen (secondary N) is 1. The summed E-state index contributed by atoms with van der Waals surface area (Å²) in [6.07, 6.45) is 0.828. The second-order valence-corrected chi connectivity index (χ2v) is 9.54. The summed E-state index contributed by atoms with van der Waals surface area (Å²) in [6.45, 7) is 16.2. The van der Waals surface area contributed by atoms with Crippen molar-refractivity contribution in [2.45, 2.75) is 73.0 Å². The summed E-state index contributed by atoms with van der Waals surface area (Å²) in [5.41, 5.74) is 8.76. The predicted octanol–water partition coefficient (Wildman–Crippen LogP) is 5.76. The summed E-state index contributed by atoms with van der Waals surface area (Å²) >= 11 is 0. The first-order chi connectivity index (χ1) is 13.3. The van der Waals surface area contributed by atoms with Gasteiger partial charge in [-0.1, -0.05) is 29.5 Å². The first-order valence-electron chi connectivity index (χ1n) is 10.2. The number of aliphatic hydroxyl groups is 1. The molecule has 1 aliphatic rings. The smallest absolute Gasteiger partial charge is 0.120 e. The number of hydrogen-bond acceptors (Lipinski definition) is 3. The van der Waals surface area contributed by atoms with E-state index in [1.807, 2.05) is 0 Å². The Labute approximate surface area is 175 Å². The van der Waals surface area contributed by atoms with Crippen LogP contribution in [0.1, 0.15) is 67.5 Å². The van der Waals surface area contributed by atoms with Crippen molar-refractivity contribution in [3.63, 3.8) is 0 Å². The molecule has 152 valence electrons. The van der Waals surface area contributed by atoms with Crippen LogP contribution in [0.15, 0.2) is 29.3 Å². The van der Waals surface area contributed by atoms with Gasteiger partial charge in [0.25, 0.3) is 0 Å². The van der Waals surface area contributed by atoms with Crippen molar-refractivity contribution in [3.8, 4) is 11.8 Å². The largest absolute Gasteiger partial charge is 0.379 e. The number of hydrogen-bond donors (Lipinski definition) is 2. The molecule has 0 spiro atoms. The van der Waals surface area contributed by atoms with Crippen molar-refractivity contribution in [1.82, 2.24) is 0 Å². The summed E-state index contributed by atoms with van der Waals surface area (Å²) < 4.78 is 0. The minimum atomic E-state index is -1.04. The van der Waals surface area contributed by atoms with Gasteiger partial charge in [0.2, 0.25) is 0 Å². The molecule has 3 rings (SSSR count). The Kier molecular flexibility index (Phi) is 5.36. The van der Waals surface area contributed by atoms with Gasteiger partial charge in [0.1, 0.15) is 5.60 Å². The Balaban J connectivity index is 2.24. The fraction of sp³-hybridized carbons (Fsp3) is 0.423. The lowest BCUT2D eigenvalue weighted by atomic mass is 9.85. The van der Waals surface area contributed by atoms with Crippen molar-refractivity contribution in [1.29, 1.82) is 0 Å². The van der Waals surface area contributed by atoms with Gasteiger partial charge >= 0.3 is 0 Å². The molecule has 0 aromatic heterocycles. The molecule has 0 amide bonds. The van der Waals surface area contributed by atoms with Crippen molar-refractivity contribution >= 4 is 17.1 Å². The highest BCUT2D eigenvalue weighted by atomic mass is 16.3. The van der Waals surface area contributed by atoms with E-state index in [0.29, 0.717) is 0 Å². The average molecular weight is 389 g/mol. The molecule has 0 saturated carbocycles. The number of nitrogens with zero attached hydrogens (tertiary/aromatic N) is 1. The van der Waals surface area contributed by atoms with Crippen LogP contribution in [-0.2, 0) is 0 Å². The van der Waals surface area contributed by atoms with Crippen molar-refractivity contribution < 1.29 is 5.11 Å². The summed E-state index contributed by atoms with van der Waals surface area (Å²) in [6, 6.07) is 8.63. The standard InChI is InChI=1S/C26H32N2O/c1-16-11-18(3)23(20(13-16)9-10-26(7,8)29)27-22-15-25(5,6)28-24-19(4)12-17(2)14-21(22)24/h11-14,28-29H,15H2,1-8H3. The van der Waals surface area contributed by atoms with Gasteiger partial charge in [-0.15, -0.1) is 0 Å². The number of rotatable bonds is 1. The maximum atomic E-state index is 10.1. The van der Waals surface area contributed by atoms with Gasteiger partial charge in [0.05, 0.1) is 17.0 Å². The van der Waals surface area contributed by atoms with Crippen LogP contribution in [-0.4, -0.2) is 22.0 Å². The summed E-state index contributed by atoms with van der Waals surface area (Å²) in [7, 11) is 0. The van der Waals surface area contributed by atoms with Crippen LogP contribution >= 0.6 is 0 Å². The first kappa shape index (κ1) is 21.1. The molecule has 0 aliphatic carbocycles. The number of aryl methyl sites for hydroxylation is 4. The molecule has 0 saturated heterocycles. The molecule has 0 unspecified atom stereocenters. The Hall–Kier alpha value is -2.57. The van der Waals surface area contributed by atoms with E-state index in [1.54, 1.807) is 13.8 Å². The van der Waals surface area contributed by atoms with Crippen molar-refractivity contribution in [2.75, 3.05) is 5.32 Å². The van der Waals surface area contributed by atoms with Gasteiger partial charge < -0.3 is 10.4 Å². The van der Waals surface area contributed by atoms with Crippen LogP contribution in [0.3, 0.4) is 0 Å². The topological polar surface area (TPSA) is 44.6 Å². The third-order valence-electron chi connectivity index (χ3n) is 5.06. The van der Waals surface area contributed by atoms with Gasteiger partial charge in [-0.25, -0.2) is 0 Å².